The Kier molecular flexibility index (Phi) is 4.28. The molecule has 0 aliphatic carbocycles. The molecule has 0 bridgehead atoms. The van der Waals surface area contributed by atoms with Crippen molar-refractivity contribution in [1.29, 1.82) is 0 Å². The fraction of sp³-hybridized carbons (Fsp3) is 0.214. The van der Waals surface area contributed by atoms with E-state index in [2.05, 4.69) is 10.4 Å². The van der Waals surface area contributed by atoms with Crippen LogP contribution in [0.1, 0.15) is 24.1 Å². The molecular weight excluding hydrogens is 226 g/mol. The molecular formula is C14H17N3O. The van der Waals surface area contributed by atoms with Crippen molar-refractivity contribution in [2.75, 3.05) is 6.61 Å². The lowest BCUT2D eigenvalue weighted by Crippen LogP contribution is -2.28. The monoisotopic (exact) mass is 243 g/mol. The van der Waals surface area contributed by atoms with Gasteiger partial charge in [0.15, 0.2) is 0 Å². The highest BCUT2D eigenvalue weighted by Crippen LogP contribution is 2.24. The summed E-state index contributed by atoms with van der Waals surface area (Å²) in [7, 11) is 0. The van der Waals surface area contributed by atoms with Crippen LogP contribution in [0.5, 0.6) is 5.75 Å². The Labute approximate surface area is 107 Å². The maximum absolute atomic E-state index is 5.64. The molecule has 0 radical (unpaired) electrons. The van der Waals surface area contributed by atoms with E-state index in [1.165, 1.54) is 0 Å². The normalized spacial score (nSPS) is 12.1. The van der Waals surface area contributed by atoms with Crippen LogP contribution in [0.2, 0.25) is 0 Å². The number of hydrogen-bond donors (Lipinski definition) is 2. The van der Waals surface area contributed by atoms with Crippen molar-refractivity contribution < 1.29 is 4.74 Å². The van der Waals surface area contributed by atoms with Crippen molar-refractivity contribution in [2.24, 2.45) is 5.84 Å². The number of ether oxygens (including phenoxy) is 1. The van der Waals surface area contributed by atoms with Crippen LogP contribution in [0.15, 0.2) is 48.8 Å². The third-order valence-corrected chi connectivity index (χ3v) is 2.69. The molecule has 1 heterocycles. The molecule has 0 fully saturated rings. The molecule has 0 saturated carbocycles. The van der Waals surface area contributed by atoms with E-state index >= 15 is 0 Å². The summed E-state index contributed by atoms with van der Waals surface area (Å²) in [5, 5.41) is 0. The fourth-order valence-electron chi connectivity index (χ4n) is 1.88. The summed E-state index contributed by atoms with van der Waals surface area (Å²) in [6, 6.07) is 11.7. The average Bonchev–Trinajstić information content (AvgIpc) is 2.42. The molecule has 1 aromatic heterocycles. The van der Waals surface area contributed by atoms with E-state index < -0.39 is 0 Å². The smallest absolute Gasteiger partial charge is 0.119 e. The van der Waals surface area contributed by atoms with Crippen molar-refractivity contribution in [3.8, 4) is 5.75 Å². The Bertz CT molecular complexity index is 487. The van der Waals surface area contributed by atoms with Crippen LogP contribution >= 0.6 is 0 Å². The molecule has 4 heteroatoms. The zero-order valence-electron chi connectivity index (χ0n) is 10.3. The van der Waals surface area contributed by atoms with Gasteiger partial charge in [-0.3, -0.25) is 10.8 Å². The molecule has 1 atom stereocenters. The third-order valence-electron chi connectivity index (χ3n) is 2.69. The number of nitrogens with zero attached hydrogens (tertiary/aromatic N) is 1. The average molecular weight is 243 g/mol. The van der Waals surface area contributed by atoms with Gasteiger partial charge in [0.25, 0.3) is 0 Å². The van der Waals surface area contributed by atoms with E-state index in [4.69, 9.17) is 10.6 Å². The van der Waals surface area contributed by atoms with Crippen molar-refractivity contribution in [1.82, 2.24) is 10.4 Å². The maximum Gasteiger partial charge on any atom is 0.119 e. The first-order valence-corrected chi connectivity index (χ1v) is 5.94. The topological polar surface area (TPSA) is 60.2 Å². The molecule has 1 aromatic carbocycles. The standard InChI is InChI=1S/C14H17N3O/c1-2-18-13-7-3-5-11(9-13)14(17-15)12-6-4-8-16-10-12/h3-10,14,17H,2,15H2,1H3. The second kappa shape index (κ2) is 6.14. The van der Waals surface area contributed by atoms with Gasteiger partial charge in [-0.2, -0.15) is 0 Å². The third kappa shape index (κ3) is 2.85. The maximum atomic E-state index is 5.64. The minimum absolute atomic E-state index is 0.0842. The molecule has 0 spiro atoms. The highest BCUT2D eigenvalue weighted by Gasteiger charge is 2.12. The van der Waals surface area contributed by atoms with Gasteiger partial charge >= 0.3 is 0 Å². The van der Waals surface area contributed by atoms with Crippen LogP contribution in [-0.4, -0.2) is 11.6 Å². The number of nitrogens with one attached hydrogen (secondary N) is 1. The Morgan fingerprint density at radius 2 is 2.11 bits per heavy atom. The van der Waals surface area contributed by atoms with E-state index in [0.717, 1.165) is 16.9 Å². The SMILES string of the molecule is CCOc1cccc(C(NN)c2cccnc2)c1. The lowest BCUT2D eigenvalue weighted by atomic mass is 10.0. The van der Waals surface area contributed by atoms with Gasteiger partial charge in [0.2, 0.25) is 0 Å². The number of pyridine rings is 1. The van der Waals surface area contributed by atoms with Gasteiger partial charge in [-0.1, -0.05) is 18.2 Å². The first-order valence-electron chi connectivity index (χ1n) is 5.94. The second-order valence-electron chi connectivity index (χ2n) is 3.89. The molecule has 1 unspecified atom stereocenters. The highest BCUT2D eigenvalue weighted by molar-refractivity contribution is 5.35. The second-order valence-corrected chi connectivity index (χ2v) is 3.89. The van der Waals surface area contributed by atoms with Crippen LogP contribution < -0.4 is 16.0 Å². The highest BCUT2D eigenvalue weighted by atomic mass is 16.5. The summed E-state index contributed by atoms with van der Waals surface area (Å²) in [6.45, 7) is 2.61. The van der Waals surface area contributed by atoms with Gasteiger partial charge in [0, 0.05) is 12.4 Å². The van der Waals surface area contributed by atoms with Crippen molar-refractivity contribution in [3.05, 3.63) is 59.9 Å². The minimum atomic E-state index is -0.0842. The van der Waals surface area contributed by atoms with Crippen molar-refractivity contribution in [2.45, 2.75) is 13.0 Å². The van der Waals surface area contributed by atoms with Crippen LogP contribution in [0.4, 0.5) is 0 Å². The van der Waals surface area contributed by atoms with Crippen LogP contribution in [0, 0.1) is 0 Å². The zero-order valence-corrected chi connectivity index (χ0v) is 10.3. The zero-order chi connectivity index (χ0) is 12.8. The summed E-state index contributed by atoms with van der Waals surface area (Å²) in [5.41, 5.74) is 4.88. The van der Waals surface area contributed by atoms with E-state index in [1.54, 1.807) is 12.4 Å². The number of hydrazine groups is 1. The Balaban J connectivity index is 2.30. The fourth-order valence-corrected chi connectivity index (χ4v) is 1.88. The van der Waals surface area contributed by atoms with E-state index in [9.17, 15) is 0 Å². The molecule has 94 valence electrons. The summed E-state index contributed by atoms with van der Waals surface area (Å²) >= 11 is 0. The number of benzene rings is 1. The van der Waals surface area contributed by atoms with Gasteiger partial charge in [0.05, 0.1) is 12.6 Å². The van der Waals surface area contributed by atoms with Gasteiger partial charge in [0.1, 0.15) is 5.75 Å². The van der Waals surface area contributed by atoms with Gasteiger partial charge in [-0.05, 0) is 36.2 Å². The predicted octanol–water partition coefficient (Wildman–Crippen LogP) is 2.03. The minimum Gasteiger partial charge on any atom is -0.494 e. The Morgan fingerprint density at radius 3 is 2.78 bits per heavy atom. The number of rotatable bonds is 5. The summed E-state index contributed by atoms with van der Waals surface area (Å²) in [5.74, 6) is 6.49. The molecule has 2 rings (SSSR count). The van der Waals surface area contributed by atoms with E-state index in [1.807, 2.05) is 43.3 Å². The molecule has 2 aromatic rings. The number of nitrogens with two attached hydrogens (primary N) is 1. The molecule has 0 amide bonds. The Hall–Kier alpha value is -1.91. The quantitative estimate of drug-likeness (QED) is 0.623. The summed E-state index contributed by atoms with van der Waals surface area (Å²) in [6.07, 6.45) is 3.55. The molecule has 18 heavy (non-hydrogen) atoms. The first kappa shape index (κ1) is 12.5. The molecule has 0 aliphatic rings. The van der Waals surface area contributed by atoms with E-state index in [-0.39, 0.29) is 6.04 Å². The number of hydrogen-bond acceptors (Lipinski definition) is 4. The van der Waals surface area contributed by atoms with Gasteiger partial charge in [-0.15, -0.1) is 0 Å². The number of aromatic nitrogens is 1. The van der Waals surface area contributed by atoms with Crippen LogP contribution in [-0.2, 0) is 0 Å². The van der Waals surface area contributed by atoms with E-state index in [0.29, 0.717) is 6.61 Å². The summed E-state index contributed by atoms with van der Waals surface area (Å²) in [4.78, 5) is 4.11. The van der Waals surface area contributed by atoms with Crippen LogP contribution in [0.3, 0.4) is 0 Å². The lowest BCUT2D eigenvalue weighted by molar-refractivity contribution is 0.339. The molecule has 3 N–H and O–H groups in total. The lowest BCUT2D eigenvalue weighted by Gasteiger charge is -2.17. The van der Waals surface area contributed by atoms with Gasteiger partial charge < -0.3 is 4.74 Å². The van der Waals surface area contributed by atoms with Gasteiger partial charge in [-0.25, -0.2) is 5.43 Å². The van der Waals surface area contributed by atoms with Crippen molar-refractivity contribution >= 4 is 0 Å². The molecule has 0 saturated heterocycles. The van der Waals surface area contributed by atoms with Crippen molar-refractivity contribution in [3.63, 3.8) is 0 Å². The Morgan fingerprint density at radius 1 is 1.28 bits per heavy atom. The molecule has 4 nitrogen and oxygen atoms in total. The predicted molar refractivity (Wildman–Crippen MR) is 71.0 cm³/mol. The van der Waals surface area contributed by atoms with Crippen LogP contribution in [0.25, 0.3) is 0 Å². The first-order chi connectivity index (χ1) is 8.85. The summed E-state index contributed by atoms with van der Waals surface area (Å²) < 4.78 is 5.49. The molecule has 0 aliphatic heterocycles. The largest absolute Gasteiger partial charge is 0.494 e.